The second kappa shape index (κ2) is 6.90. The molecule has 68 valence electrons. The van der Waals surface area contributed by atoms with Crippen LogP contribution in [-0.4, -0.2) is 19.0 Å². The average Bonchev–Trinajstić information content (AvgIpc) is 2.21. The third kappa shape index (κ3) is 4.27. The molecule has 0 saturated carbocycles. The SMILES string of the molecule is CC.[B]c1ccc(C(=O)CBr)cc1. The zero-order chi connectivity index (χ0) is 10.3. The van der Waals surface area contributed by atoms with Gasteiger partial charge in [-0.05, 0) is 0 Å². The van der Waals surface area contributed by atoms with Gasteiger partial charge in [0.15, 0.2) is 5.78 Å². The van der Waals surface area contributed by atoms with E-state index in [1.807, 2.05) is 13.8 Å². The summed E-state index contributed by atoms with van der Waals surface area (Å²) in [6.07, 6.45) is 0. The van der Waals surface area contributed by atoms with Gasteiger partial charge in [-0.15, -0.1) is 0 Å². The summed E-state index contributed by atoms with van der Waals surface area (Å²) in [6, 6.07) is 6.88. The fourth-order valence-electron chi connectivity index (χ4n) is 0.746. The molecular formula is C10H12BBrO. The number of hydrogen-bond acceptors (Lipinski definition) is 1. The number of carbonyl (C=O) groups excluding carboxylic acids is 1. The van der Waals surface area contributed by atoms with Crippen LogP contribution >= 0.6 is 15.9 Å². The Morgan fingerprint density at radius 3 is 2.15 bits per heavy atom. The van der Waals surface area contributed by atoms with Gasteiger partial charge in [-0.2, -0.15) is 0 Å². The van der Waals surface area contributed by atoms with Gasteiger partial charge in [0.25, 0.3) is 0 Å². The second-order valence-electron chi connectivity index (χ2n) is 2.18. The summed E-state index contributed by atoms with van der Waals surface area (Å²) in [5.74, 6) is 0.0741. The molecule has 1 aromatic carbocycles. The number of rotatable bonds is 2. The average molecular weight is 239 g/mol. The lowest BCUT2D eigenvalue weighted by Gasteiger charge is -1.96. The molecule has 0 aromatic heterocycles. The molecule has 0 unspecified atom stereocenters. The highest BCUT2D eigenvalue weighted by Crippen LogP contribution is 1.99. The maximum absolute atomic E-state index is 11.0. The number of Topliss-reactive ketones (excluding diaryl/α,β-unsaturated/α-hetero) is 1. The lowest BCUT2D eigenvalue weighted by atomic mass is 9.95. The normalized spacial score (nSPS) is 8.54. The van der Waals surface area contributed by atoms with Gasteiger partial charge in [0.05, 0.1) is 5.33 Å². The van der Waals surface area contributed by atoms with E-state index in [-0.39, 0.29) is 5.78 Å². The number of benzene rings is 1. The number of alkyl halides is 1. The minimum absolute atomic E-state index is 0.0741. The highest BCUT2D eigenvalue weighted by Gasteiger charge is 2.00. The Balaban J connectivity index is 0.000000671. The molecule has 13 heavy (non-hydrogen) atoms. The van der Waals surface area contributed by atoms with Gasteiger partial charge in [-0.25, -0.2) is 0 Å². The van der Waals surface area contributed by atoms with Gasteiger partial charge in [-0.1, -0.05) is 59.5 Å². The van der Waals surface area contributed by atoms with Crippen molar-refractivity contribution < 1.29 is 4.79 Å². The first-order chi connectivity index (χ1) is 6.24. The maximum Gasteiger partial charge on any atom is 0.173 e. The van der Waals surface area contributed by atoms with E-state index < -0.39 is 0 Å². The second-order valence-corrected chi connectivity index (χ2v) is 2.74. The van der Waals surface area contributed by atoms with Crippen molar-refractivity contribution in [2.24, 2.45) is 0 Å². The summed E-state index contributed by atoms with van der Waals surface area (Å²) in [7, 11) is 5.45. The molecule has 2 radical (unpaired) electrons. The molecule has 1 rings (SSSR count). The van der Waals surface area contributed by atoms with Gasteiger partial charge in [0.2, 0.25) is 0 Å². The summed E-state index contributed by atoms with van der Waals surface area (Å²) in [5.41, 5.74) is 1.37. The molecule has 0 atom stereocenters. The molecule has 1 nitrogen and oxygen atoms in total. The Morgan fingerprint density at radius 1 is 1.31 bits per heavy atom. The van der Waals surface area contributed by atoms with Gasteiger partial charge < -0.3 is 0 Å². The van der Waals surface area contributed by atoms with Crippen molar-refractivity contribution in [1.29, 1.82) is 0 Å². The molecule has 0 aliphatic heterocycles. The van der Waals surface area contributed by atoms with Crippen LogP contribution in [0.15, 0.2) is 24.3 Å². The first-order valence-corrected chi connectivity index (χ1v) is 5.31. The van der Waals surface area contributed by atoms with Crippen LogP contribution in [-0.2, 0) is 0 Å². The fraction of sp³-hybridized carbons (Fsp3) is 0.300. The zero-order valence-corrected chi connectivity index (χ0v) is 9.47. The quantitative estimate of drug-likeness (QED) is 0.438. The lowest BCUT2D eigenvalue weighted by Crippen LogP contribution is -2.05. The number of hydrogen-bond donors (Lipinski definition) is 0. The number of carbonyl (C=O) groups is 1. The van der Waals surface area contributed by atoms with Crippen molar-refractivity contribution in [3.8, 4) is 0 Å². The van der Waals surface area contributed by atoms with Crippen molar-refractivity contribution in [1.82, 2.24) is 0 Å². The van der Waals surface area contributed by atoms with Crippen LogP contribution < -0.4 is 5.46 Å². The molecule has 0 aliphatic rings. The summed E-state index contributed by atoms with van der Waals surface area (Å²) in [4.78, 5) is 11.0. The lowest BCUT2D eigenvalue weighted by molar-refractivity contribution is 0.102. The topological polar surface area (TPSA) is 17.1 Å². The summed E-state index contributed by atoms with van der Waals surface area (Å²) >= 11 is 3.09. The monoisotopic (exact) mass is 238 g/mol. The van der Waals surface area contributed by atoms with Crippen LogP contribution in [0.2, 0.25) is 0 Å². The standard InChI is InChI=1S/C8H6BBrO.C2H6/c9-7-3-1-6(2-4-7)8(11)5-10;1-2/h1-4H,5H2;1-2H3. The van der Waals surface area contributed by atoms with Crippen LogP contribution in [0.4, 0.5) is 0 Å². The molecule has 0 aliphatic carbocycles. The summed E-state index contributed by atoms with van der Waals surface area (Å²) in [5, 5.41) is 0.358. The van der Waals surface area contributed by atoms with Crippen molar-refractivity contribution >= 4 is 35.0 Å². The molecule has 0 saturated heterocycles. The molecule has 1 aromatic rings. The smallest absolute Gasteiger partial charge is 0.173 e. The molecule has 3 heteroatoms. The molecule has 0 N–H and O–H groups in total. The van der Waals surface area contributed by atoms with E-state index in [1.54, 1.807) is 24.3 Å². The van der Waals surface area contributed by atoms with Crippen molar-refractivity contribution in [3.05, 3.63) is 29.8 Å². The number of halogens is 1. The highest BCUT2D eigenvalue weighted by atomic mass is 79.9. The van der Waals surface area contributed by atoms with E-state index in [0.29, 0.717) is 16.4 Å². The Bertz CT molecular complexity index is 256. The molecule has 0 spiro atoms. The van der Waals surface area contributed by atoms with E-state index >= 15 is 0 Å². The summed E-state index contributed by atoms with van der Waals surface area (Å²) in [6.45, 7) is 4.00. The minimum atomic E-state index is 0.0741. The molecule has 0 heterocycles. The largest absolute Gasteiger partial charge is 0.293 e. The predicted octanol–water partition coefficient (Wildman–Crippen LogP) is 2.08. The molecule has 0 amide bonds. The van der Waals surface area contributed by atoms with Gasteiger partial charge >= 0.3 is 0 Å². The van der Waals surface area contributed by atoms with Crippen molar-refractivity contribution in [3.63, 3.8) is 0 Å². The third-order valence-electron chi connectivity index (χ3n) is 1.35. The van der Waals surface area contributed by atoms with E-state index in [2.05, 4.69) is 15.9 Å². The predicted molar refractivity (Wildman–Crippen MR) is 61.3 cm³/mol. The van der Waals surface area contributed by atoms with Crippen molar-refractivity contribution in [2.75, 3.05) is 5.33 Å². The molecule has 0 bridgehead atoms. The van der Waals surface area contributed by atoms with Crippen LogP contribution in [0.3, 0.4) is 0 Å². The van der Waals surface area contributed by atoms with E-state index in [9.17, 15) is 4.79 Å². The van der Waals surface area contributed by atoms with Gasteiger partial charge in [0, 0.05) is 5.56 Å². The van der Waals surface area contributed by atoms with Crippen LogP contribution in [0, 0.1) is 0 Å². The Morgan fingerprint density at radius 2 is 1.77 bits per heavy atom. The van der Waals surface area contributed by atoms with E-state index in [1.165, 1.54) is 0 Å². The van der Waals surface area contributed by atoms with Crippen molar-refractivity contribution in [2.45, 2.75) is 13.8 Å². The summed E-state index contributed by atoms with van der Waals surface area (Å²) < 4.78 is 0. The highest BCUT2D eigenvalue weighted by molar-refractivity contribution is 9.09. The van der Waals surface area contributed by atoms with E-state index in [4.69, 9.17) is 7.85 Å². The van der Waals surface area contributed by atoms with Gasteiger partial charge in [-0.3, -0.25) is 4.79 Å². The van der Waals surface area contributed by atoms with Gasteiger partial charge in [0.1, 0.15) is 7.85 Å². The molecule has 0 fully saturated rings. The van der Waals surface area contributed by atoms with Crippen LogP contribution in [0.1, 0.15) is 24.2 Å². The van der Waals surface area contributed by atoms with E-state index in [0.717, 1.165) is 0 Å². The zero-order valence-electron chi connectivity index (χ0n) is 7.88. The third-order valence-corrected chi connectivity index (χ3v) is 1.86. The first-order valence-electron chi connectivity index (χ1n) is 4.18. The number of ketones is 1. The Labute approximate surface area is 89.1 Å². The molecular weight excluding hydrogens is 227 g/mol. The fourth-order valence-corrected chi connectivity index (χ4v) is 1.07. The Hall–Kier alpha value is -0.565. The van der Waals surface area contributed by atoms with Crippen LogP contribution in [0.25, 0.3) is 0 Å². The minimum Gasteiger partial charge on any atom is -0.293 e. The van der Waals surface area contributed by atoms with Crippen LogP contribution in [0.5, 0.6) is 0 Å². The Kier molecular flexibility index (Phi) is 6.60. The first kappa shape index (κ1) is 12.4. The maximum atomic E-state index is 11.0.